The second-order valence-electron chi connectivity index (χ2n) is 7.94. The van der Waals surface area contributed by atoms with Crippen LogP contribution < -0.4 is 15.8 Å². The van der Waals surface area contributed by atoms with Gasteiger partial charge in [-0.3, -0.25) is 4.79 Å². The standard InChI is InChI=1S/C21H25F3N4O4/c1-12(2)9-20(4,32-19(25)30)10-31-17-6-5-14(7-15(17)21(22,23)24)16-8-18(27-11-26-16)28-13(3)29/h5-8,11-12H,9-10H2,1-4H3,(H2,25,30)(H,26,27,28,29)/t20-/m0/s1. The number of carbonyl (C=O) groups excluding carboxylic acids is 2. The lowest BCUT2D eigenvalue weighted by atomic mass is 9.95. The van der Waals surface area contributed by atoms with Crippen LogP contribution in [-0.2, 0) is 15.7 Å². The molecule has 32 heavy (non-hydrogen) atoms. The van der Waals surface area contributed by atoms with Gasteiger partial charge in [-0.25, -0.2) is 14.8 Å². The molecule has 1 aromatic carbocycles. The number of nitrogens with one attached hydrogen (secondary N) is 1. The van der Waals surface area contributed by atoms with Gasteiger partial charge in [-0.1, -0.05) is 13.8 Å². The predicted octanol–water partition coefficient (Wildman–Crippen LogP) is 4.40. The number of rotatable bonds is 8. The van der Waals surface area contributed by atoms with Gasteiger partial charge < -0.3 is 20.5 Å². The lowest BCUT2D eigenvalue weighted by molar-refractivity contribution is -0.139. The molecule has 11 heteroatoms. The predicted molar refractivity (Wildman–Crippen MR) is 111 cm³/mol. The van der Waals surface area contributed by atoms with E-state index >= 15 is 0 Å². The van der Waals surface area contributed by atoms with Gasteiger partial charge in [0.2, 0.25) is 5.91 Å². The number of carbonyl (C=O) groups is 2. The average Bonchev–Trinajstić information content (AvgIpc) is 2.64. The van der Waals surface area contributed by atoms with E-state index in [1.165, 1.54) is 25.1 Å². The number of alkyl halides is 3. The molecule has 3 N–H and O–H groups in total. The van der Waals surface area contributed by atoms with E-state index < -0.39 is 29.2 Å². The minimum Gasteiger partial charge on any atom is -0.489 e. The zero-order valence-electron chi connectivity index (χ0n) is 18.1. The van der Waals surface area contributed by atoms with Crippen molar-refractivity contribution in [1.82, 2.24) is 9.97 Å². The molecule has 2 aromatic rings. The van der Waals surface area contributed by atoms with Crippen molar-refractivity contribution >= 4 is 17.8 Å². The Morgan fingerprint density at radius 1 is 1.19 bits per heavy atom. The summed E-state index contributed by atoms with van der Waals surface area (Å²) in [5, 5.41) is 2.45. The summed E-state index contributed by atoms with van der Waals surface area (Å²) in [6.45, 7) is 6.25. The van der Waals surface area contributed by atoms with Gasteiger partial charge in [0.1, 0.15) is 30.1 Å². The molecule has 2 amide bonds. The number of anilines is 1. The molecule has 0 bridgehead atoms. The molecule has 0 fully saturated rings. The Balaban J connectivity index is 2.37. The monoisotopic (exact) mass is 454 g/mol. The quantitative estimate of drug-likeness (QED) is 0.611. The van der Waals surface area contributed by atoms with E-state index in [0.29, 0.717) is 6.42 Å². The van der Waals surface area contributed by atoms with Gasteiger partial charge >= 0.3 is 12.3 Å². The number of ether oxygens (including phenoxy) is 2. The molecule has 1 atom stereocenters. The summed E-state index contributed by atoms with van der Waals surface area (Å²) < 4.78 is 51.9. The number of hydrogen-bond donors (Lipinski definition) is 2. The molecule has 1 heterocycles. The Bertz CT molecular complexity index is 982. The van der Waals surface area contributed by atoms with Gasteiger partial charge in [0, 0.05) is 18.6 Å². The van der Waals surface area contributed by atoms with Crippen LogP contribution in [0.5, 0.6) is 5.75 Å². The Hall–Kier alpha value is -3.37. The van der Waals surface area contributed by atoms with E-state index in [1.807, 2.05) is 13.8 Å². The third-order valence-corrected chi connectivity index (χ3v) is 4.27. The van der Waals surface area contributed by atoms with Crippen LogP contribution in [0.1, 0.15) is 39.7 Å². The van der Waals surface area contributed by atoms with Crippen LogP contribution in [0.15, 0.2) is 30.6 Å². The lowest BCUT2D eigenvalue weighted by Crippen LogP contribution is -2.41. The Morgan fingerprint density at radius 3 is 2.44 bits per heavy atom. The fraction of sp³-hybridized carbons (Fsp3) is 0.429. The highest BCUT2D eigenvalue weighted by Crippen LogP contribution is 2.39. The van der Waals surface area contributed by atoms with Crippen molar-refractivity contribution in [1.29, 1.82) is 0 Å². The molecule has 174 valence electrons. The van der Waals surface area contributed by atoms with Crippen molar-refractivity contribution in [3.05, 3.63) is 36.2 Å². The number of aromatic nitrogens is 2. The summed E-state index contributed by atoms with van der Waals surface area (Å²) in [5.74, 6) is -0.579. The van der Waals surface area contributed by atoms with Crippen LogP contribution >= 0.6 is 0 Å². The van der Waals surface area contributed by atoms with Gasteiger partial charge in [0.15, 0.2) is 0 Å². The summed E-state index contributed by atoms with van der Waals surface area (Å²) in [4.78, 5) is 30.3. The van der Waals surface area contributed by atoms with Crippen LogP contribution in [0, 0.1) is 5.92 Å². The number of nitrogens with zero attached hydrogens (tertiary/aromatic N) is 2. The summed E-state index contributed by atoms with van der Waals surface area (Å²) in [6, 6.07) is 4.82. The van der Waals surface area contributed by atoms with Gasteiger partial charge in [-0.15, -0.1) is 0 Å². The highest BCUT2D eigenvalue weighted by Gasteiger charge is 2.37. The molecule has 0 aliphatic heterocycles. The van der Waals surface area contributed by atoms with Crippen LogP contribution in [0.4, 0.5) is 23.8 Å². The molecule has 0 aliphatic carbocycles. The average molecular weight is 454 g/mol. The Labute approximate surface area is 183 Å². The maximum atomic E-state index is 13.8. The third-order valence-electron chi connectivity index (χ3n) is 4.27. The Morgan fingerprint density at radius 2 is 1.88 bits per heavy atom. The molecule has 0 spiro atoms. The van der Waals surface area contributed by atoms with E-state index in [1.54, 1.807) is 6.92 Å². The first-order valence-corrected chi connectivity index (χ1v) is 9.71. The second kappa shape index (κ2) is 9.84. The number of amides is 2. The maximum Gasteiger partial charge on any atom is 0.419 e. The third kappa shape index (κ3) is 7.10. The molecule has 0 saturated carbocycles. The van der Waals surface area contributed by atoms with Gasteiger partial charge in [0.05, 0.1) is 11.3 Å². The second-order valence-corrected chi connectivity index (χ2v) is 7.94. The van der Waals surface area contributed by atoms with Crippen LogP contribution in [0.3, 0.4) is 0 Å². The van der Waals surface area contributed by atoms with Gasteiger partial charge in [0.25, 0.3) is 0 Å². The number of primary amides is 1. The van der Waals surface area contributed by atoms with Gasteiger partial charge in [-0.05, 0) is 37.5 Å². The van der Waals surface area contributed by atoms with E-state index in [-0.39, 0.29) is 35.5 Å². The molecule has 1 aromatic heterocycles. The van der Waals surface area contributed by atoms with Crippen LogP contribution in [0.25, 0.3) is 11.3 Å². The zero-order chi connectivity index (χ0) is 24.1. The van der Waals surface area contributed by atoms with Gasteiger partial charge in [-0.2, -0.15) is 13.2 Å². The number of nitrogens with two attached hydrogens (primary N) is 1. The topological polar surface area (TPSA) is 116 Å². The normalized spacial score (nSPS) is 13.4. The first-order valence-electron chi connectivity index (χ1n) is 9.71. The number of halogens is 3. The molecule has 0 unspecified atom stereocenters. The van der Waals surface area contributed by atoms with E-state index in [4.69, 9.17) is 15.2 Å². The minimum atomic E-state index is -4.72. The summed E-state index contributed by atoms with van der Waals surface area (Å²) in [6.07, 6.45) is -4.29. The highest BCUT2D eigenvalue weighted by molar-refractivity contribution is 5.88. The van der Waals surface area contributed by atoms with E-state index in [2.05, 4.69) is 15.3 Å². The molecule has 0 saturated heterocycles. The number of hydrogen-bond acceptors (Lipinski definition) is 6. The molecule has 8 nitrogen and oxygen atoms in total. The largest absolute Gasteiger partial charge is 0.489 e. The first-order chi connectivity index (χ1) is 14.8. The number of benzene rings is 1. The summed E-state index contributed by atoms with van der Waals surface area (Å²) in [7, 11) is 0. The summed E-state index contributed by atoms with van der Waals surface area (Å²) in [5.41, 5.74) is 3.21. The van der Waals surface area contributed by atoms with Crippen molar-refractivity contribution in [2.45, 2.75) is 45.9 Å². The molecule has 0 radical (unpaired) electrons. The minimum absolute atomic E-state index is 0.0722. The molecular formula is C21H25F3N4O4. The van der Waals surface area contributed by atoms with Crippen molar-refractivity contribution in [3.8, 4) is 17.0 Å². The molecular weight excluding hydrogens is 429 g/mol. The smallest absolute Gasteiger partial charge is 0.419 e. The van der Waals surface area contributed by atoms with Crippen molar-refractivity contribution in [3.63, 3.8) is 0 Å². The highest BCUT2D eigenvalue weighted by atomic mass is 19.4. The lowest BCUT2D eigenvalue weighted by Gasteiger charge is -2.30. The van der Waals surface area contributed by atoms with Crippen molar-refractivity contribution in [2.75, 3.05) is 11.9 Å². The maximum absolute atomic E-state index is 13.8. The Kier molecular flexibility index (Phi) is 7.65. The zero-order valence-corrected chi connectivity index (χ0v) is 18.1. The first kappa shape index (κ1) is 24.9. The molecule has 2 rings (SSSR count). The fourth-order valence-electron chi connectivity index (χ4n) is 3.27. The fourth-order valence-corrected chi connectivity index (χ4v) is 3.27. The van der Waals surface area contributed by atoms with Crippen LogP contribution in [0.2, 0.25) is 0 Å². The molecule has 0 aliphatic rings. The van der Waals surface area contributed by atoms with Crippen molar-refractivity contribution < 1.29 is 32.2 Å². The van der Waals surface area contributed by atoms with E-state index in [9.17, 15) is 22.8 Å². The SMILES string of the molecule is CC(=O)Nc1cc(-c2ccc(OC[C@](C)(CC(C)C)OC(N)=O)c(C(F)(F)F)c2)ncn1. The van der Waals surface area contributed by atoms with Crippen molar-refractivity contribution in [2.24, 2.45) is 11.7 Å². The summed E-state index contributed by atoms with van der Waals surface area (Å²) >= 11 is 0. The van der Waals surface area contributed by atoms with Crippen LogP contribution in [-0.4, -0.2) is 34.2 Å². The van der Waals surface area contributed by atoms with E-state index in [0.717, 1.165) is 12.4 Å².